The van der Waals surface area contributed by atoms with Gasteiger partial charge in [0.1, 0.15) is 0 Å². The molecular weight excluding hydrogens is 320 g/mol. The third kappa shape index (κ3) is 2.12. The summed E-state index contributed by atoms with van der Waals surface area (Å²) in [4.78, 5) is 9.73. The van der Waals surface area contributed by atoms with Gasteiger partial charge in [0.05, 0.1) is 26.8 Å². The van der Waals surface area contributed by atoms with E-state index in [2.05, 4.69) is 35.9 Å². The Morgan fingerprint density at radius 2 is 2.19 bits per heavy atom. The summed E-state index contributed by atoms with van der Waals surface area (Å²) in [5.41, 5.74) is 1.35. The Balaban J connectivity index is 1.90. The lowest BCUT2D eigenvalue weighted by Gasteiger charge is -2.16. The van der Waals surface area contributed by atoms with Crippen LogP contribution in [0.15, 0.2) is 34.2 Å². The van der Waals surface area contributed by atoms with Crippen LogP contribution < -0.4 is 0 Å². The summed E-state index contributed by atoms with van der Waals surface area (Å²) in [6.45, 7) is 6.41. The fourth-order valence-electron chi connectivity index (χ4n) is 2.79. The van der Waals surface area contributed by atoms with E-state index in [0.717, 1.165) is 23.3 Å². The van der Waals surface area contributed by atoms with Crippen LogP contribution in [-0.4, -0.2) is 23.2 Å². The standard InChI is InChI=1S/C16H15ClN2S2/c1-9(2)14-13(19-7-6-18-16(19)21-14)12-8-10-4-3-5-11(17)15(10)20-12/h3-5,8-9H,6-7H2,1-2H3. The number of fused-ring (bicyclic) bond motifs is 2. The minimum atomic E-state index is 0.513. The van der Waals surface area contributed by atoms with Gasteiger partial charge in [0, 0.05) is 11.4 Å². The Labute approximate surface area is 137 Å². The van der Waals surface area contributed by atoms with Crippen LogP contribution >= 0.6 is 34.7 Å². The summed E-state index contributed by atoms with van der Waals surface area (Å²) in [5, 5.41) is 3.24. The van der Waals surface area contributed by atoms with E-state index in [-0.39, 0.29) is 0 Å². The molecule has 21 heavy (non-hydrogen) atoms. The normalized spacial score (nSPS) is 18.1. The van der Waals surface area contributed by atoms with Gasteiger partial charge >= 0.3 is 0 Å². The molecular formula is C16H15ClN2S2. The number of rotatable bonds is 2. The highest BCUT2D eigenvalue weighted by atomic mass is 35.5. The zero-order valence-corrected chi connectivity index (χ0v) is 14.3. The van der Waals surface area contributed by atoms with E-state index in [4.69, 9.17) is 11.6 Å². The van der Waals surface area contributed by atoms with Crippen LogP contribution in [-0.2, 0) is 0 Å². The molecule has 108 valence electrons. The van der Waals surface area contributed by atoms with Crippen molar-refractivity contribution >= 4 is 55.7 Å². The lowest BCUT2D eigenvalue weighted by Crippen LogP contribution is -2.19. The van der Waals surface area contributed by atoms with Gasteiger partial charge in [-0.2, -0.15) is 0 Å². The summed E-state index contributed by atoms with van der Waals surface area (Å²) in [5.74, 6) is 0.513. The molecule has 2 nitrogen and oxygen atoms in total. The highest BCUT2D eigenvalue weighted by Gasteiger charge is 2.34. The lowest BCUT2D eigenvalue weighted by molar-refractivity contribution is 0.642. The monoisotopic (exact) mass is 334 g/mol. The first-order chi connectivity index (χ1) is 10.1. The van der Waals surface area contributed by atoms with Crippen molar-refractivity contribution in [1.29, 1.82) is 0 Å². The van der Waals surface area contributed by atoms with Gasteiger partial charge in [-0.3, -0.25) is 4.99 Å². The largest absolute Gasteiger partial charge is 0.317 e. The van der Waals surface area contributed by atoms with Gasteiger partial charge in [-0.1, -0.05) is 49.3 Å². The van der Waals surface area contributed by atoms with Crippen molar-refractivity contribution in [2.75, 3.05) is 13.1 Å². The molecule has 0 N–H and O–H groups in total. The number of aliphatic imine (C=N–C) groups is 1. The van der Waals surface area contributed by atoms with Crippen molar-refractivity contribution in [3.63, 3.8) is 0 Å². The molecule has 2 aliphatic heterocycles. The number of thiophene rings is 1. The minimum absolute atomic E-state index is 0.513. The zero-order valence-electron chi connectivity index (χ0n) is 11.9. The van der Waals surface area contributed by atoms with Crippen molar-refractivity contribution in [3.8, 4) is 0 Å². The minimum Gasteiger partial charge on any atom is -0.317 e. The van der Waals surface area contributed by atoms with Crippen molar-refractivity contribution in [2.24, 2.45) is 10.9 Å². The second-order valence-electron chi connectivity index (χ2n) is 5.55. The molecule has 0 amide bonds. The summed E-state index contributed by atoms with van der Waals surface area (Å²) < 4.78 is 1.18. The molecule has 0 unspecified atom stereocenters. The maximum atomic E-state index is 6.34. The first-order valence-electron chi connectivity index (χ1n) is 7.07. The third-order valence-corrected chi connectivity index (χ3v) is 6.79. The molecule has 0 aliphatic carbocycles. The van der Waals surface area contributed by atoms with Gasteiger partial charge in [-0.05, 0) is 23.4 Å². The maximum absolute atomic E-state index is 6.34. The maximum Gasteiger partial charge on any atom is 0.168 e. The molecule has 0 fully saturated rings. The second kappa shape index (κ2) is 5.04. The topological polar surface area (TPSA) is 15.6 Å². The van der Waals surface area contributed by atoms with Crippen LogP contribution in [0.25, 0.3) is 15.8 Å². The van der Waals surface area contributed by atoms with Gasteiger partial charge in [0.15, 0.2) is 5.17 Å². The Hall–Kier alpha value is -0.970. The molecule has 2 aromatic rings. The van der Waals surface area contributed by atoms with E-state index < -0.39 is 0 Å². The summed E-state index contributed by atoms with van der Waals surface area (Å²) in [6, 6.07) is 8.39. The Morgan fingerprint density at radius 1 is 1.33 bits per heavy atom. The SMILES string of the molecule is CC(C)C1=C(c2cc3cccc(Cl)c3s2)N2CCN=C2S1. The summed E-state index contributed by atoms with van der Waals surface area (Å²) in [7, 11) is 0. The quantitative estimate of drug-likeness (QED) is 0.740. The smallest absolute Gasteiger partial charge is 0.168 e. The molecule has 2 aliphatic rings. The van der Waals surface area contributed by atoms with Gasteiger partial charge in [0.25, 0.3) is 0 Å². The van der Waals surface area contributed by atoms with Gasteiger partial charge < -0.3 is 4.90 Å². The van der Waals surface area contributed by atoms with Crippen LogP contribution in [0.5, 0.6) is 0 Å². The molecule has 1 aromatic carbocycles. The van der Waals surface area contributed by atoms with Gasteiger partial charge in [0.2, 0.25) is 0 Å². The number of hydrogen-bond acceptors (Lipinski definition) is 4. The van der Waals surface area contributed by atoms with E-state index in [1.165, 1.54) is 25.6 Å². The summed E-state index contributed by atoms with van der Waals surface area (Å²) >= 11 is 9.97. The first kappa shape index (κ1) is 13.7. The van der Waals surface area contributed by atoms with Crippen molar-refractivity contribution in [1.82, 2.24) is 4.90 Å². The molecule has 0 spiro atoms. The third-order valence-electron chi connectivity index (χ3n) is 3.76. The van der Waals surface area contributed by atoms with E-state index in [1.54, 1.807) is 11.3 Å². The number of nitrogens with zero attached hydrogens (tertiary/aromatic N) is 2. The number of thioether (sulfide) groups is 1. The molecule has 0 radical (unpaired) electrons. The number of benzene rings is 1. The van der Waals surface area contributed by atoms with E-state index in [1.807, 2.05) is 23.9 Å². The Bertz CT molecular complexity index is 789. The Kier molecular flexibility index (Phi) is 3.28. The van der Waals surface area contributed by atoms with Crippen molar-refractivity contribution < 1.29 is 0 Å². The van der Waals surface area contributed by atoms with Crippen molar-refractivity contribution in [3.05, 3.63) is 39.1 Å². The number of hydrogen-bond donors (Lipinski definition) is 0. The molecule has 0 atom stereocenters. The van der Waals surface area contributed by atoms with Crippen LogP contribution in [0, 0.1) is 5.92 Å². The zero-order chi connectivity index (χ0) is 14.6. The number of amidine groups is 1. The van der Waals surface area contributed by atoms with Crippen LogP contribution in [0.4, 0.5) is 0 Å². The molecule has 4 rings (SSSR count). The van der Waals surface area contributed by atoms with E-state index in [9.17, 15) is 0 Å². The van der Waals surface area contributed by atoms with Crippen LogP contribution in [0.2, 0.25) is 5.02 Å². The highest BCUT2D eigenvalue weighted by molar-refractivity contribution is 8.17. The number of allylic oxidation sites excluding steroid dienone is 1. The van der Waals surface area contributed by atoms with Crippen LogP contribution in [0.3, 0.4) is 0 Å². The summed E-state index contributed by atoms with van der Waals surface area (Å²) in [6.07, 6.45) is 0. The molecule has 0 bridgehead atoms. The Morgan fingerprint density at radius 3 is 2.95 bits per heavy atom. The predicted molar refractivity (Wildman–Crippen MR) is 95.2 cm³/mol. The predicted octanol–water partition coefficient (Wildman–Crippen LogP) is 5.30. The molecule has 5 heteroatoms. The van der Waals surface area contributed by atoms with E-state index >= 15 is 0 Å². The van der Waals surface area contributed by atoms with Crippen molar-refractivity contribution in [2.45, 2.75) is 13.8 Å². The van der Waals surface area contributed by atoms with Crippen LogP contribution in [0.1, 0.15) is 18.7 Å². The van der Waals surface area contributed by atoms with Gasteiger partial charge in [-0.25, -0.2) is 0 Å². The molecule has 3 heterocycles. The fraction of sp³-hybridized carbons (Fsp3) is 0.312. The molecule has 0 saturated carbocycles. The fourth-order valence-corrected chi connectivity index (χ4v) is 5.48. The lowest BCUT2D eigenvalue weighted by atomic mass is 10.1. The molecule has 0 saturated heterocycles. The molecule has 1 aromatic heterocycles. The second-order valence-corrected chi connectivity index (χ2v) is 8.02. The van der Waals surface area contributed by atoms with E-state index in [0.29, 0.717) is 5.92 Å². The highest BCUT2D eigenvalue weighted by Crippen LogP contribution is 2.47. The average Bonchev–Trinajstić information content (AvgIpc) is 3.10. The first-order valence-corrected chi connectivity index (χ1v) is 9.08. The number of halogens is 1. The average molecular weight is 335 g/mol. The van der Waals surface area contributed by atoms with Gasteiger partial charge in [-0.15, -0.1) is 11.3 Å².